The van der Waals surface area contributed by atoms with Gasteiger partial charge in [-0.15, -0.1) is 0 Å². The molecule has 2 heteroatoms. The summed E-state index contributed by atoms with van der Waals surface area (Å²) in [7, 11) is 0. The Kier molecular flexibility index (Phi) is 5.30. The van der Waals surface area contributed by atoms with Crippen molar-refractivity contribution < 1.29 is 10.2 Å². The lowest BCUT2D eigenvalue weighted by molar-refractivity contribution is 0.153. The van der Waals surface area contributed by atoms with Crippen LogP contribution in [0.15, 0.2) is 0 Å². The van der Waals surface area contributed by atoms with E-state index in [9.17, 15) is 10.2 Å². The molecule has 2 aliphatic rings. The Morgan fingerprint density at radius 2 is 1.06 bits per heavy atom. The van der Waals surface area contributed by atoms with Gasteiger partial charge in [0.05, 0.1) is 12.2 Å². The summed E-state index contributed by atoms with van der Waals surface area (Å²) >= 11 is 0. The van der Waals surface area contributed by atoms with Crippen LogP contribution in [0.25, 0.3) is 0 Å². The normalized spacial score (nSPS) is 40.6. The molecule has 0 aromatic heterocycles. The second-order valence-corrected chi connectivity index (χ2v) is 6.29. The SMILES string of the molecule is OC1CCCC(CC2CCCC(O)CC2)CC1. The van der Waals surface area contributed by atoms with E-state index in [1.54, 1.807) is 0 Å². The molecule has 17 heavy (non-hydrogen) atoms. The molecule has 0 radical (unpaired) electrons. The molecule has 2 N–H and O–H groups in total. The molecule has 2 aliphatic carbocycles. The third kappa shape index (κ3) is 4.59. The lowest BCUT2D eigenvalue weighted by Crippen LogP contribution is -2.10. The number of rotatable bonds is 2. The van der Waals surface area contributed by atoms with E-state index in [1.165, 1.54) is 44.9 Å². The molecule has 2 nitrogen and oxygen atoms in total. The summed E-state index contributed by atoms with van der Waals surface area (Å²) in [5, 5.41) is 19.3. The highest BCUT2D eigenvalue weighted by atomic mass is 16.3. The Labute approximate surface area is 105 Å². The molecule has 0 spiro atoms. The topological polar surface area (TPSA) is 40.5 Å². The Morgan fingerprint density at radius 1 is 0.588 bits per heavy atom. The second kappa shape index (κ2) is 6.75. The predicted octanol–water partition coefficient (Wildman–Crippen LogP) is 3.26. The van der Waals surface area contributed by atoms with Gasteiger partial charge in [0.25, 0.3) is 0 Å². The van der Waals surface area contributed by atoms with Gasteiger partial charge in [-0.3, -0.25) is 0 Å². The molecule has 0 amide bonds. The van der Waals surface area contributed by atoms with Gasteiger partial charge in [0, 0.05) is 0 Å². The smallest absolute Gasteiger partial charge is 0.0540 e. The summed E-state index contributed by atoms with van der Waals surface area (Å²) in [6.07, 6.45) is 12.8. The van der Waals surface area contributed by atoms with Crippen LogP contribution in [0.2, 0.25) is 0 Å². The molecular weight excluding hydrogens is 212 g/mol. The second-order valence-electron chi connectivity index (χ2n) is 6.29. The van der Waals surface area contributed by atoms with Gasteiger partial charge in [-0.05, 0) is 56.8 Å². The zero-order chi connectivity index (χ0) is 12.1. The van der Waals surface area contributed by atoms with E-state index in [0.717, 1.165) is 37.5 Å². The predicted molar refractivity (Wildman–Crippen MR) is 69.8 cm³/mol. The van der Waals surface area contributed by atoms with Crippen molar-refractivity contribution in [1.29, 1.82) is 0 Å². The van der Waals surface area contributed by atoms with Crippen molar-refractivity contribution in [1.82, 2.24) is 0 Å². The highest BCUT2D eigenvalue weighted by molar-refractivity contribution is 4.75. The lowest BCUT2D eigenvalue weighted by Gasteiger charge is -2.21. The monoisotopic (exact) mass is 240 g/mol. The maximum Gasteiger partial charge on any atom is 0.0540 e. The van der Waals surface area contributed by atoms with E-state index >= 15 is 0 Å². The Balaban J connectivity index is 1.75. The minimum atomic E-state index is -0.0315. The fourth-order valence-corrected chi connectivity index (χ4v) is 3.66. The number of hydrogen-bond acceptors (Lipinski definition) is 2. The molecule has 2 fully saturated rings. The maximum atomic E-state index is 9.66. The maximum absolute atomic E-state index is 9.66. The summed E-state index contributed by atoms with van der Waals surface area (Å²) in [6, 6.07) is 0. The van der Waals surface area contributed by atoms with Crippen LogP contribution in [0.4, 0.5) is 0 Å². The van der Waals surface area contributed by atoms with E-state index in [0.29, 0.717) is 0 Å². The number of aliphatic hydroxyl groups excluding tert-OH is 2. The molecule has 0 aromatic rings. The summed E-state index contributed by atoms with van der Waals surface area (Å²) < 4.78 is 0. The molecule has 0 aliphatic heterocycles. The zero-order valence-electron chi connectivity index (χ0n) is 11.0. The van der Waals surface area contributed by atoms with Crippen molar-refractivity contribution >= 4 is 0 Å². The van der Waals surface area contributed by atoms with Gasteiger partial charge in [0.2, 0.25) is 0 Å². The van der Waals surface area contributed by atoms with Crippen LogP contribution in [0.1, 0.15) is 70.6 Å². The summed E-state index contributed by atoms with van der Waals surface area (Å²) in [6.45, 7) is 0. The number of aliphatic hydroxyl groups is 2. The summed E-state index contributed by atoms with van der Waals surface area (Å²) in [4.78, 5) is 0. The van der Waals surface area contributed by atoms with Gasteiger partial charge in [0.15, 0.2) is 0 Å². The van der Waals surface area contributed by atoms with Crippen LogP contribution < -0.4 is 0 Å². The third-order valence-electron chi connectivity index (χ3n) is 4.78. The lowest BCUT2D eigenvalue weighted by atomic mass is 9.85. The van der Waals surface area contributed by atoms with Crippen LogP contribution >= 0.6 is 0 Å². The van der Waals surface area contributed by atoms with Crippen molar-refractivity contribution in [3.63, 3.8) is 0 Å². The third-order valence-corrected chi connectivity index (χ3v) is 4.78. The number of hydrogen-bond donors (Lipinski definition) is 2. The van der Waals surface area contributed by atoms with Crippen molar-refractivity contribution in [2.24, 2.45) is 11.8 Å². The average Bonchev–Trinajstić information content (AvgIpc) is 2.62. The van der Waals surface area contributed by atoms with Crippen LogP contribution in [0.5, 0.6) is 0 Å². The summed E-state index contributed by atoms with van der Waals surface area (Å²) in [5.74, 6) is 1.68. The Bertz CT molecular complexity index is 195. The molecule has 0 saturated heterocycles. The van der Waals surface area contributed by atoms with Gasteiger partial charge in [0.1, 0.15) is 0 Å². The first-order valence-electron chi connectivity index (χ1n) is 7.60. The van der Waals surface area contributed by atoms with Crippen molar-refractivity contribution in [3.05, 3.63) is 0 Å². The fourth-order valence-electron chi connectivity index (χ4n) is 3.66. The van der Waals surface area contributed by atoms with E-state index < -0.39 is 0 Å². The van der Waals surface area contributed by atoms with Crippen LogP contribution in [-0.2, 0) is 0 Å². The first kappa shape index (κ1) is 13.4. The molecule has 4 unspecified atom stereocenters. The molecule has 2 saturated carbocycles. The Hall–Kier alpha value is -0.0800. The molecule has 0 aromatic carbocycles. The summed E-state index contributed by atoms with van der Waals surface area (Å²) in [5.41, 5.74) is 0. The highest BCUT2D eigenvalue weighted by Crippen LogP contribution is 2.34. The zero-order valence-corrected chi connectivity index (χ0v) is 11.0. The minimum Gasteiger partial charge on any atom is -0.393 e. The van der Waals surface area contributed by atoms with Crippen molar-refractivity contribution in [2.45, 2.75) is 82.8 Å². The molecule has 100 valence electrons. The van der Waals surface area contributed by atoms with Crippen molar-refractivity contribution in [2.75, 3.05) is 0 Å². The van der Waals surface area contributed by atoms with E-state index in [2.05, 4.69) is 0 Å². The van der Waals surface area contributed by atoms with E-state index in [-0.39, 0.29) is 12.2 Å². The average molecular weight is 240 g/mol. The van der Waals surface area contributed by atoms with Crippen LogP contribution in [0.3, 0.4) is 0 Å². The van der Waals surface area contributed by atoms with Gasteiger partial charge in [-0.2, -0.15) is 0 Å². The molecule has 4 atom stereocenters. The highest BCUT2D eigenvalue weighted by Gasteiger charge is 2.23. The molecule has 2 rings (SSSR count). The van der Waals surface area contributed by atoms with Crippen LogP contribution in [0, 0.1) is 11.8 Å². The van der Waals surface area contributed by atoms with Gasteiger partial charge >= 0.3 is 0 Å². The molecule has 0 bridgehead atoms. The molecular formula is C15H28O2. The van der Waals surface area contributed by atoms with Crippen molar-refractivity contribution in [3.8, 4) is 0 Å². The molecule has 0 heterocycles. The van der Waals surface area contributed by atoms with Gasteiger partial charge in [-0.1, -0.05) is 25.7 Å². The first-order valence-corrected chi connectivity index (χ1v) is 7.60. The minimum absolute atomic E-state index is 0.0315. The van der Waals surface area contributed by atoms with Gasteiger partial charge < -0.3 is 10.2 Å². The quantitative estimate of drug-likeness (QED) is 0.727. The van der Waals surface area contributed by atoms with Crippen LogP contribution in [-0.4, -0.2) is 22.4 Å². The van der Waals surface area contributed by atoms with E-state index in [4.69, 9.17) is 0 Å². The van der Waals surface area contributed by atoms with Gasteiger partial charge in [-0.25, -0.2) is 0 Å². The Morgan fingerprint density at radius 3 is 1.53 bits per heavy atom. The largest absolute Gasteiger partial charge is 0.393 e. The van der Waals surface area contributed by atoms with E-state index in [1.807, 2.05) is 0 Å². The standard InChI is InChI=1S/C15H28O2/c16-14-5-1-3-12(7-9-14)11-13-4-2-6-15(17)10-8-13/h12-17H,1-11H2. The fraction of sp³-hybridized carbons (Fsp3) is 1.00. The first-order chi connectivity index (χ1) is 8.24.